The highest BCUT2D eigenvalue weighted by Crippen LogP contribution is 2.29. The van der Waals surface area contributed by atoms with Crippen molar-refractivity contribution in [3.8, 4) is 0 Å². The van der Waals surface area contributed by atoms with Crippen LogP contribution >= 0.6 is 11.9 Å². The van der Waals surface area contributed by atoms with Crippen LogP contribution in [0.15, 0.2) is 64.7 Å². The maximum absolute atomic E-state index is 10.5. The van der Waals surface area contributed by atoms with Gasteiger partial charge in [0.2, 0.25) is 0 Å². The second-order valence-electron chi connectivity index (χ2n) is 3.13. The van der Waals surface area contributed by atoms with Gasteiger partial charge in [-0.25, -0.2) is 0 Å². The third kappa shape index (κ3) is 2.61. The Bertz CT molecular complexity index is 473. The molecule has 0 spiro atoms. The third-order valence-electron chi connectivity index (χ3n) is 2.02. The van der Waals surface area contributed by atoms with Crippen molar-refractivity contribution in [3.63, 3.8) is 0 Å². The maximum atomic E-state index is 10.5. The molecule has 1 N–H and O–H groups in total. The zero-order valence-corrected chi connectivity index (χ0v) is 9.28. The van der Waals surface area contributed by atoms with Crippen LogP contribution in [0.25, 0.3) is 0 Å². The second kappa shape index (κ2) is 5.32. The number of nitroso groups, excluding NO2 is 1. The summed E-state index contributed by atoms with van der Waals surface area (Å²) in [5.74, 6) is 0. The highest BCUT2D eigenvalue weighted by molar-refractivity contribution is 8.00. The Kier molecular flexibility index (Phi) is 3.56. The minimum absolute atomic E-state index is 0.455. The van der Waals surface area contributed by atoms with E-state index in [1.54, 1.807) is 12.1 Å². The summed E-state index contributed by atoms with van der Waals surface area (Å²) in [5, 5.41) is 2.97. The van der Waals surface area contributed by atoms with E-state index in [1.165, 1.54) is 11.9 Å². The highest BCUT2D eigenvalue weighted by Gasteiger charge is 2.01. The van der Waals surface area contributed by atoms with E-state index < -0.39 is 0 Å². The predicted octanol–water partition coefficient (Wildman–Crippen LogP) is 4.20. The molecule has 2 aromatic rings. The summed E-state index contributed by atoms with van der Waals surface area (Å²) in [6, 6.07) is 17.0. The number of rotatable bonds is 4. The van der Waals surface area contributed by atoms with Crippen LogP contribution in [0.5, 0.6) is 0 Å². The van der Waals surface area contributed by atoms with Gasteiger partial charge in [0.1, 0.15) is 5.69 Å². The Morgan fingerprint density at radius 2 is 1.62 bits per heavy atom. The summed E-state index contributed by atoms with van der Waals surface area (Å²) in [5.41, 5.74) is 1.45. The van der Waals surface area contributed by atoms with E-state index in [0.29, 0.717) is 5.69 Å². The molecule has 2 aromatic carbocycles. The Morgan fingerprint density at radius 1 is 0.938 bits per heavy atom. The monoisotopic (exact) mass is 230 g/mol. The van der Waals surface area contributed by atoms with Gasteiger partial charge in [0.25, 0.3) is 0 Å². The van der Waals surface area contributed by atoms with Gasteiger partial charge in [0.15, 0.2) is 0 Å². The lowest BCUT2D eigenvalue weighted by molar-refractivity contribution is 1.36. The largest absolute Gasteiger partial charge is 0.326 e. The molecule has 80 valence electrons. The number of para-hydroxylation sites is 1. The molecular weight excluding hydrogens is 220 g/mol. The van der Waals surface area contributed by atoms with Gasteiger partial charge in [0.05, 0.1) is 4.90 Å². The molecule has 0 aliphatic carbocycles. The fourth-order valence-electron chi connectivity index (χ4n) is 1.24. The summed E-state index contributed by atoms with van der Waals surface area (Å²) in [6.45, 7) is 0. The Balaban J connectivity index is 2.08. The molecule has 0 saturated heterocycles. The molecule has 0 aromatic heterocycles. The molecule has 4 heteroatoms. The predicted molar refractivity (Wildman–Crippen MR) is 67.8 cm³/mol. The first-order chi connectivity index (χ1) is 7.90. The van der Waals surface area contributed by atoms with E-state index >= 15 is 0 Å². The number of benzene rings is 2. The Labute approximate surface area is 98.0 Å². The van der Waals surface area contributed by atoms with Gasteiger partial charge in [-0.2, -0.15) is 0 Å². The summed E-state index contributed by atoms with van der Waals surface area (Å²) in [4.78, 5) is 11.4. The Morgan fingerprint density at radius 3 is 2.38 bits per heavy atom. The van der Waals surface area contributed by atoms with E-state index in [2.05, 4.69) is 9.90 Å². The van der Waals surface area contributed by atoms with E-state index in [1.807, 2.05) is 42.5 Å². The lowest BCUT2D eigenvalue weighted by Crippen LogP contribution is -1.85. The van der Waals surface area contributed by atoms with Crippen molar-refractivity contribution in [3.05, 3.63) is 59.5 Å². The van der Waals surface area contributed by atoms with Crippen LogP contribution in [-0.4, -0.2) is 0 Å². The van der Waals surface area contributed by atoms with Crippen molar-refractivity contribution in [1.29, 1.82) is 0 Å². The number of nitrogens with zero attached hydrogens (tertiary/aromatic N) is 1. The molecule has 0 heterocycles. The number of hydrogen-bond acceptors (Lipinski definition) is 4. The topological polar surface area (TPSA) is 41.5 Å². The minimum atomic E-state index is 0.455. The zero-order valence-electron chi connectivity index (χ0n) is 8.46. The summed E-state index contributed by atoms with van der Waals surface area (Å²) >= 11 is 1.38. The smallest absolute Gasteiger partial charge is 0.123 e. The summed E-state index contributed by atoms with van der Waals surface area (Å²) in [6.07, 6.45) is 0. The first kappa shape index (κ1) is 10.7. The van der Waals surface area contributed by atoms with Crippen molar-refractivity contribution < 1.29 is 0 Å². The van der Waals surface area contributed by atoms with Crippen molar-refractivity contribution in [1.82, 2.24) is 0 Å². The second-order valence-corrected chi connectivity index (χ2v) is 3.98. The molecule has 0 bridgehead atoms. The molecule has 0 aliphatic heterocycles. The van der Waals surface area contributed by atoms with Gasteiger partial charge in [-0.15, -0.1) is 4.91 Å². The standard InChI is InChI=1S/C12H10N2OS/c15-13-11-8-4-5-9-12(11)16-14-10-6-2-1-3-7-10/h1-9,14H. The van der Waals surface area contributed by atoms with Crippen molar-refractivity contribution in [2.24, 2.45) is 5.18 Å². The van der Waals surface area contributed by atoms with Crippen molar-refractivity contribution in [2.45, 2.75) is 4.90 Å². The maximum Gasteiger partial charge on any atom is 0.123 e. The van der Waals surface area contributed by atoms with Gasteiger partial charge in [-0.1, -0.05) is 30.3 Å². The van der Waals surface area contributed by atoms with Gasteiger partial charge in [-0.3, -0.25) is 0 Å². The lowest BCUT2D eigenvalue weighted by atomic mass is 10.3. The average molecular weight is 230 g/mol. The number of nitrogens with one attached hydrogen (secondary N) is 1. The molecule has 16 heavy (non-hydrogen) atoms. The SMILES string of the molecule is O=Nc1ccccc1SNc1ccccc1. The van der Waals surface area contributed by atoms with E-state index in [-0.39, 0.29) is 0 Å². The molecule has 2 rings (SSSR count). The van der Waals surface area contributed by atoms with Crippen LogP contribution in [0.2, 0.25) is 0 Å². The van der Waals surface area contributed by atoms with Gasteiger partial charge in [0, 0.05) is 5.69 Å². The van der Waals surface area contributed by atoms with Gasteiger partial charge < -0.3 is 4.72 Å². The van der Waals surface area contributed by atoms with Gasteiger partial charge >= 0.3 is 0 Å². The Hall–Kier alpha value is -1.81. The van der Waals surface area contributed by atoms with Crippen LogP contribution in [0.3, 0.4) is 0 Å². The third-order valence-corrected chi connectivity index (χ3v) is 2.92. The lowest BCUT2D eigenvalue weighted by Gasteiger charge is -2.05. The fraction of sp³-hybridized carbons (Fsp3) is 0. The average Bonchev–Trinajstić information content (AvgIpc) is 2.38. The van der Waals surface area contributed by atoms with Crippen LogP contribution in [0.4, 0.5) is 11.4 Å². The van der Waals surface area contributed by atoms with E-state index in [4.69, 9.17) is 0 Å². The first-order valence-electron chi connectivity index (χ1n) is 4.80. The van der Waals surface area contributed by atoms with Crippen LogP contribution in [-0.2, 0) is 0 Å². The molecular formula is C12H10N2OS. The molecule has 0 amide bonds. The highest BCUT2D eigenvalue weighted by atomic mass is 32.2. The van der Waals surface area contributed by atoms with Crippen molar-refractivity contribution >= 4 is 23.3 Å². The molecule has 0 radical (unpaired) electrons. The van der Waals surface area contributed by atoms with Gasteiger partial charge in [-0.05, 0) is 41.4 Å². The van der Waals surface area contributed by atoms with Crippen LogP contribution in [0.1, 0.15) is 0 Å². The molecule has 0 fully saturated rings. The molecule has 0 aliphatic rings. The first-order valence-corrected chi connectivity index (χ1v) is 5.62. The molecule has 0 saturated carbocycles. The molecule has 0 unspecified atom stereocenters. The summed E-state index contributed by atoms with van der Waals surface area (Å²) < 4.78 is 3.15. The quantitative estimate of drug-likeness (QED) is 0.632. The number of anilines is 1. The number of hydrogen-bond donors (Lipinski definition) is 1. The minimum Gasteiger partial charge on any atom is -0.326 e. The van der Waals surface area contributed by atoms with E-state index in [9.17, 15) is 4.91 Å². The van der Waals surface area contributed by atoms with Crippen LogP contribution < -0.4 is 4.72 Å². The zero-order chi connectivity index (χ0) is 11.2. The fourth-order valence-corrected chi connectivity index (χ4v) is 1.96. The van der Waals surface area contributed by atoms with Crippen molar-refractivity contribution in [2.75, 3.05) is 4.72 Å². The molecule has 0 atom stereocenters. The van der Waals surface area contributed by atoms with Crippen LogP contribution in [0, 0.1) is 4.91 Å². The van der Waals surface area contributed by atoms with E-state index in [0.717, 1.165) is 10.6 Å². The summed E-state index contributed by atoms with van der Waals surface area (Å²) in [7, 11) is 0. The molecule has 3 nitrogen and oxygen atoms in total. The normalized spacial score (nSPS) is 9.75.